The number of carbonyl (C=O) groups is 1. The molecule has 0 unspecified atom stereocenters. The van der Waals surface area contributed by atoms with Crippen LogP contribution in [0.25, 0.3) is 0 Å². The summed E-state index contributed by atoms with van der Waals surface area (Å²) in [5.41, 5.74) is 4.24. The number of likely N-dealkylation sites (N-methyl/N-ethyl adjacent to an activating group) is 1. The second-order valence-electron chi connectivity index (χ2n) is 9.50. The van der Waals surface area contributed by atoms with E-state index in [9.17, 15) is 4.79 Å². The molecule has 0 spiro atoms. The van der Waals surface area contributed by atoms with Crippen molar-refractivity contribution in [1.29, 1.82) is 0 Å². The number of ether oxygens (including phenoxy) is 2. The quantitative estimate of drug-likeness (QED) is 0.485. The maximum Gasteiger partial charge on any atom is 0.253 e. The number of methoxy groups -OCH3 is 2. The third kappa shape index (κ3) is 5.55. The van der Waals surface area contributed by atoms with Gasteiger partial charge in [0.2, 0.25) is 0 Å². The van der Waals surface area contributed by atoms with Crippen molar-refractivity contribution in [1.82, 2.24) is 9.80 Å². The molecule has 1 aliphatic rings. The number of rotatable bonds is 9. The first kappa shape index (κ1) is 25.7. The Hall–Kier alpha value is -3.35. The van der Waals surface area contributed by atoms with Crippen LogP contribution in [0, 0.1) is 0 Å². The van der Waals surface area contributed by atoms with Gasteiger partial charge < -0.3 is 19.5 Å². The van der Waals surface area contributed by atoms with Gasteiger partial charge in [0.05, 0.1) is 20.8 Å². The first-order chi connectivity index (χ1) is 17.5. The molecule has 3 aromatic carbocycles. The van der Waals surface area contributed by atoms with E-state index < -0.39 is 0 Å². The van der Waals surface area contributed by atoms with E-state index >= 15 is 0 Å². The topological polar surface area (TPSA) is 62.2 Å². The van der Waals surface area contributed by atoms with Crippen molar-refractivity contribution in [3.05, 3.63) is 95.1 Å². The average Bonchev–Trinajstić information content (AvgIpc) is 2.93. The van der Waals surface area contributed by atoms with Crippen molar-refractivity contribution in [2.75, 3.05) is 47.5 Å². The molecule has 0 radical (unpaired) electrons. The minimum absolute atomic E-state index is 0.0422. The molecule has 0 aliphatic carbocycles. The van der Waals surface area contributed by atoms with E-state index in [1.807, 2.05) is 48.5 Å². The third-order valence-corrected chi connectivity index (χ3v) is 7.25. The number of aliphatic hydroxyl groups excluding tert-OH is 1. The zero-order chi connectivity index (χ0) is 25.5. The molecule has 4 rings (SSSR count). The van der Waals surface area contributed by atoms with Gasteiger partial charge in [-0.15, -0.1) is 0 Å². The molecule has 6 nitrogen and oxygen atoms in total. The van der Waals surface area contributed by atoms with E-state index in [2.05, 4.69) is 29.2 Å². The van der Waals surface area contributed by atoms with Gasteiger partial charge >= 0.3 is 0 Å². The summed E-state index contributed by atoms with van der Waals surface area (Å²) in [5.74, 6) is 1.64. The van der Waals surface area contributed by atoms with Crippen LogP contribution in [0.4, 0.5) is 0 Å². The molecule has 1 heterocycles. The average molecular weight is 489 g/mol. The Morgan fingerprint density at radius 3 is 1.97 bits per heavy atom. The van der Waals surface area contributed by atoms with Crippen LogP contribution in [0.5, 0.6) is 11.5 Å². The smallest absolute Gasteiger partial charge is 0.253 e. The van der Waals surface area contributed by atoms with Gasteiger partial charge in [-0.05, 0) is 72.5 Å². The predicted octanol–water partition coefficient (Wildman–Crippen LogP) is 4.35. The van der Waals surface area contributed by atoms with E-state index in [0.717, 1.165) is 44.0 Å². The third-order valence-electron chi connectivity index (χ3n) is 7.25. The predicted molar refractivity (Wildman–Crippen MR) is 142 cm³/mol. The molecule has 0 atom stereocenters. The number of aliphatic hydroxyl groups is 1. The summed E-state index contributed by atoms with van der Waals surface area (Å²) < 4.78 is 10.8. The van der Waals surface area contributed by atoms with Crippen LogP contribution in [0.3, 0.4) is 0 Å². The summed E-state index contributed by atoms with van der Waals surface area (Å²) in [6.45, 7) is 3.02. The second kappa shape index (κ2) is 11.6. The minimum Gasteiger partial charge on any atom is -0.497 e. The Morgan fingerprint density at radius 1 is 0.917 bits per heavy atom. The van der Waals surface area contributed by atoms with Crippen molar-refractivity contribution >= 4 is 5.91 Å². The first-order valence-corrected chi connectivity index (χ1v) is 12.5. The zero-order valence-electron chi connectivity index (χ0n) is 21.4. The number of hydrogen-bond donors (Lipinski definition) is 1. The van der Waals surface area contributed by atoms with Crippen LogP contribution >= 0.6 is 0 Å². The zero-order valence-corrected chi connectivity index (χ0v) is 21.4. The lowest BCUT2D eigenvalue weighted by atomic mass is 9.69. The molecule has 3 aromatic rings. The summed E-state index contributed by atoms with van der Waals surface area (Å²) >= 11 is 0. The summed E-state index contributed by atoms with van der Waals surface area (Å²) in [4.78, 5) is 16.6. The largest absolute Gasteiger partial charge is 0.497 e. The van der Waals surface area contributed by atoms with Crippen LogP contribution in [-0.4, -0.2) is 68.3 Å². The number of nitrogens with zero attached hydrogens (tertiary/aromatic N) is 2. The SMILES string of the molecule is COc1ccc(C2(c3ccc(OC)cc3)CCCN(Cc3ccc(C(=O)N(C)CCO)cc3)C2)cc1. The van der Waals surface area contributed by atoms with Crippen molar-refractivity contribution in [3.8, 4) is 11.5 Å². The number of carbonyl (C=O) groups excluding carboxylic acids is 1. The first-order valence-electron chi connectivity index (χ1n) is 12.5. The van der Waals surface area contributed by atoms with Gasteiger partial charge in [0, 0.05) is 37.7 Å². The van der Waals surface area contributed by atoms with Crippen molar-refractivity contribution in [2.45, 2.75) is 24.8 Å². The van der Waals surface area contributed by atoms with E-state index in [0.29, 0.717) is 12.1 Å². The number of likely N-dealkylation sites (tertiary alicyclic amines) is 1. The molecule has 0 bridgehead atoms. The molecule has 1 fully saturated rings. The Bertz CT molecular complexity index is 1080. The van der Waals surface area contributed by atoms with E-state index in [4.69, 9.17) is 14.6 Å². The van der Waals surface area contributed by atoms with Gasteiger partial charge in [-0.25, -0.2) is 0 Å². The maximum atomic E-state index is 12.5. The molecular weight excluding hydrogens is 452 g/mol. The van der Waals surface area contributed by atoms with E-state index in [1.54, 1.807) is 21.3 Å². The summed E-state index contributed by atoms with van der Waals surface area (Å²) in [5, 5.41) is 9.11. The highest BCUT2D eigenvalue weighted by atomic mass is 16.5. The van der Waals surface area contributed by atoms with Gasteiger partial charge in [0.25, 0.3) is 5.91 Å². The fraction of sp³-hybridized carbons (Fsp3) is 0.367. The standard InChI is InChI=1S/C30H36N2O4/c1-31(19-20-33)29(34)24-7-5-23(6-8-24)21-32-18-4-17-30(22-32,25-9-13-27(35-2)14-10-25)26-11-15-28(36-3)16-12-26/h5-16,33H,4,17-22H2,1-3H3. The molecule has 1 amide bonds. The number of benzene rings is 3. The molecule has 190 valence electrons. The van der Waals surface area contributed by atoms with Crippen molar-refractivity contribution in [3.63, 3.8) is 0 Å². The lowest BCUT2D eigenvalue weighted by Crippen LogP contribution is -2.46. The number of amides is 1. The number of hydrogen-bond acceptors (Lipinski definition) is 5. The molecule has 0 aromatic heterocycles. The van der Waals surface area contributed by atoms with Gasteiger partial charge in [-0.1, -0.05) is 36.4 Å². The van der Waals surface area contributed by atoms with Crippen LogP contribution in [0.15, 0.2) is 72.8 Å². The Kier molecular flexibility index (Phi) is 8.28. The second-order valence-corrected chi connectivity index (χ2v) is 9.50. The highest BCUT2D eigenvalue weighted by Gasteiger charge is 2.38. The summed E-state index contributed by atoms with van der Waals surface area (Å²) in [6.07, 6.45) is 2.15. The normalized spacial score (nSPS) is 15.3. The fourth-order valence-corrected chi connectivity index (χ4v) is 5.22. The Labute approximate surface area is 214 Å². The summed E-state index contributed by atoms with van der Waals surface area (Å²) in [6, 6.07) is 24.8. The maximum absolute atomic E-state index is 12.5. The number of piperidine rings is 1. The van der Waals surface area contributed by atoms with Crippen LogP contribution in [-0.2, 0) is 12.0 Å². The molecule has 0 saturated carbocycles. The highest BCUT2D eigenvalue weighted by molar-refractivity contribution is 5.94. The fourth-order valence-electron chi connectivity index (χ4n) is 5.22. The van der Waals surface area contributed by atoms with Gasteiger partial charge in [0.15, 0.2) is 0 Å². The lowest BCUT2D eigenvalue weighted by molar-refractivity contribution is 0.0767. The molecule has 1 aliphatic heterocycles. The highest BCUT2D eigenvalue weighted by Crippen LogP contribution is 2.41. The van der Waals surface area contributed by atoms with Crippen molar-refractivity contribution in [2.24, 2.45) is 0 Å². The van der Waals surface area contributed by atoms with E-state index in [1.165, 1.54) is 21.6 Å². The van der Waals surface area contributed by atoms with Crippen LogP contribution in [0.1, 0.15) is 39.9 Å². The Balaban J connectivity index is 1.58. The molecule has 36 heavy (non-hydrogen) atoms. The van der Waals surface area contributed by atoms with Gasteiger partial charge in [-0.3, -0.25) is 9.69 Å². The molecule has 6 heteroatoms. The molecule has 1 N–H and O–H groups in total. The minimum atomic E-state index is -0.139. The van der Waals surface area contributed by atoms with Gasteiger partial charge in [0.1, 0.15) is 11.5 Å². The van der Waals surface area contributed by atoms with Crippen molar-refractivity contribution < 1.29 is 19.4 Å². The van der Waals surface area contributed by atoms with Gasteiger partial charge in [-0.2, -0.15) is 0 Å². The lowest BCUT2D eigenvalue weighted by Gasteiger charge is -2.44. The van der Waals surface area contributed by atoms with Crippen LogP contribution < -0.4 is 9.47 Å². The molecular formula is C30H36N2O4. The van der Waals surface area contributed by atoms with E-state index in [-0.39, 0.29) is 17.9 Å². The molecule has 1 saturated heterocycles. The van der Waals surface area contributed by atoms with Crippen LogP contribution in [0.2, 0.25) is 0 Å². The summed E-state index contributed by atoms with van der Waals surface area (Å²) in [7, 11) is 5.10. The Morgan fingerprint density at radius 2 is 1.47 bits per heavy atom. The monoisotopic (exact) mass is 488 g/mol.